The number of phenolic OH excluding ortho intramolecular Hbond substituents is 1. The van der Waals surface area contributed by atoms with Gasteiger partial charge in [0.25, 0.3) is 11.8 Å². The number of phenols is 1. The molecule has 11 heteroatoms. The third-order valence-electron chi connectivity index (χ3n) is 8.93. The maximum atomic E-state index is 14.1. The number of anilines is 1. The van der Waals surface area contributed by atoms with E-state index in [1.807, 2.05) is 6.08 Å². The van der Waals surface area contributed by atoms with Crippen LogP contribution in [0.5, 0.6) is 11.5 Å². The van der Waals surface area contributed by atoms with Gasteiger partial charge < -0.3 is 9.84 Å². The Morgan fingerprint density at radius 1 is 1.07 bits per heavy atom. The van der Waals surface area contributed by atoms with Crippen LogP contribution in [0.15, 0.2) is 60.7 Å². The van der Waals surface area contributed by atoms with Gasteiger partial charge in [0.1, 0.15) is 11.5 Å². The predicted molar refractivity (Wildman–Crippen MR) is 157 cm³/mol. The minimum absolute atomic E-state index is 0.0676. The van der Waals surface area contributed by atoms with Gasteiger partial charge in [0, 0.05) is 17.5 Å². The highest BCUT2D eigenvalue weighted by Crippen LogP contribution is 2.66. The van der Waals surface area contributed by atoms with Crippen molar-refractivity contribution in [1.29, 1.82) is 0 Å². The lowest BCUT2D eigenvalue weighted by molar-refractivity contribution is -0.138. The summed E-state index contributed by atoms with van der Waals surface area (Å²) in [6.45, 7) is 3.74. The van der Waals surface area contributed by atoms with Crippen LogP contribution in [0.2, 0.25) is 0 Å². The van der Waals surface area contributed by atoms with Crippen molar-refractivity contribution in [2.24, 2.45) is 17.8 Å². The zero-order valence-corrected chi connectivity index (χ0v) is 24.9. The van der Waals surface area contributed by atoms with Gasteiger partial charge in [0.15, 0.2) is 9.75 Å². The van der Waals surface area contributed by atoms with Crippen molar-refractivity contribution in [2.75, 3.05) is 17.5 Å². The third kappa shape index (κ3) is 3.64. The molecule has 2 aliphatic carbocycles. The summed E-state index contributed by atoms with van der Waals surface area (Å²) < 4.78 is 5.58. The van der Waals surface area contributed by atoms with Crippen molar-refractivity contribution in [3.8, 4) is 11.5 Å². The molecule has 4 aliphatic rings. The number of methoxy groups -OCH3 is 1. The van der Waals surface area contributed by atoms with Gasteiger partial charge in [-0.05, 0) is 42.5 Å². The van der Waals surface area contributed by atoms with Gasteiger partial charge >= 0.3 is 0 Å². The SMILES string of the molecule is C=Cc1ccc(N2C(=O)C3CC=C4C(CC5(Cl)C(=O)N(CBr)C(=O)C5(Cl)C4c4ccc(O)cc4OC)C3C2=O)cc1. The highest BCUT2D eigenvalue weighted by atomic mass is 79.9. The number of nitrogens with zero attached hydrogens (tertiary/aromatic N) is 2. The topological polar surface area (TPSA) is 104 Å². The molecule has 8 nitrogen and oxygen atoms in total. The number of rotatable bonds is 5. The second-order valence-electron chi connectivity index (χ2n) is 10.7. The van der Waals surface area contributed by atoms with E-state index >= 15 is 0 Å². The number of fused-ring (bicyclic) bond motifs is 4. The molecule has 4 amide bonds. The number of carbonyl (C=O) groups excluding carboxylic acids is 4. The molecule has 3 fully saturated rings. The van der Waals surface area contributed by atoms with E-state index in [9.17, 15) is 24.3 Å². The molecule has 2 heterocycles. The molecule has 2 aliphatic heterocycles. The Labute approximate surface area is 254 Å². The second-order valence-corrected chi connectivity index (χ2v) is 12.5. The number of allylic oxidation sites excluding steroid dienone is 2. The Morgan fingerprint density at radius 2 is 1.78 bits per heavy atom. The number of benzene rings is 2. The highest BCUT2D eigenvalue weighted by Gasteiger charge is 2.76. The largest absolute Gasteiger partial charge is 0.508 e. The van der Waals surface area contributed by atoms with Gasteiger partial charge in [0.2, 0.25) is 11.8 Å². The first-order chi connectivity index (χ1) is 19.5. The standard InChI is InChI=1S/C30H25BrCl2N2O6/c1-3-15-4-6-16(7-5-15)35-25(37)20-11-10-18-21(23(20)26(35)38)13-29(32)27(39)34(14-31)28(40)30(29,33)24(18)19-9-8-17(36)12-22(19)41-2/h3-10,12,20-21,23-24,36H,1,11,13-14H2,2H3. The number of amides is 4. The Bertz CT molecular complexity index is 1560. The van der Waals surface area contributed by atoms with Crippen LogP contribution in [0.25, 0.3) is 6.08 Å². The molecular formula is C30H25BrCl2N2O6. The van der Waals surface area contributed by atoms with Crippen LogP contribution < -0.4 is 9.64 Å². The van der Waals surface area contributed by atoms with E-state index < -0.39 is 51.1 Å². The highest BCUT2D eigenvalue weighted by molar-refractivity contribution is 9.09. The molecule has 0 radical (unpaired) electrons. The van der Waals surface area contributed by atoms with Gasteiger partial charge in [-0.2, -0.15) is 0 Å². The summed E-state index contributed by atoms with van der Waals surface area (Å²) in [5, 5.41) is 10.2. The predicted octanol–water partition coefficient (Wildman–Crippen LogP) is 4.96. The van der Waals surface area contributed by atoms with Crippen molar-refractivity contribution < 1.29 is 29.0 Å². The van der Waals surface area contributed by atoms with Crippen LogP contribution in [0, 0.1) is 17.8 Å². The summed E-state index contributed by atoms with van der Waals surface area (Å²) in [5.74, 6) is -5.02. The maximum absolute atomic E-state index is 14.1. The van der Waals surface area contributed by atoms with E-state index in [0.717, 1.165) is 10.5 Å². The van der Waals surface area contributed by atoms with Gasteiger partial charge in [-0.1, -0.05) is 58.4 Å². The van der Waals surface area contributed by atoms with Crippen LogP contribution in [0.3, 0.4) is 0 Å². The Morgan fingerprint density at radius 3 is 2.41 bits per heavy atom. The van der Waals surface area contributed by atoms with Gasteiger partial charge in [-0.15, -0.1) is 23.2 Å². The van der Waals surface area contributed by atoms with E-state index in [2.05, 4.69) is 22.5 Å². The summed E-state index contributed by atoms with van der Waals surface area (Å²) in [6, 6.07) is 11.4. The fourth-order valence-electron chi connectivity index (χ4n) is 7.05. The number of halogens is 3. The van der Waals surface area contributed by atoms with Crippen molar-refractivity contribution in [2.45, 2.75) is 28.5 Å². The van der Waals surface area contributed by atoms with Crippen LogP contribution in [-0.4, -0.2) is 55.9 Å². The molecule has 41 heavy (non-hydrogen) atoms. The first-order valence-electron chi connectivity index (χ1n) is 13.0. The van der Waals surface area contributed by atoms with E-state index in [4.69, 9.17) is 27.9 Å². The number of hydrogen-bond acceptors (Lipinski definition) is 6. The molecule has 2 aromatic carbocycles. The molecule has 0 spiro atoms. The van der Waals surface area contributed by atoms with Crippen molar-refractivity contribution in [1.82, 2.24) is 4.90 Å². The van der Waals surface area contributed by atoms with Crippen molar-refractivity contribution in [3.63, 3.8) is 0 Å². The summed E-state index contributed by atoms with van der Waals surface area (Å²) in [6.07, 6.45) is 3.65. The molecule has 6 atom stereocenters. The lowest BCUT2D eigenvalue weighted by Crippen LogP contribution is -2.60. The monoisotopic (exact) mass is 658 g/mol. The van der Waals surface area contributed by atoms with Gasteiger partial charge in [-0.3, -0.25) is 29.0 Å². The average Bonchev–Trinajstić information content (AvgIpc) is 3.31. The zero-order chi connectivity index (χ0) is 29.4. The molecule has 0 aromatic heterocycles. The Balaban J connectivity index is 1.52. The smallest absolute Gasteiger partial charge is 0.254 e. The first kappa shape index (κ1) is 28.0. The fraction of sp³-hybridized carbons (Fsp3) is 0.333. The number of likely N-dealkylation sites (tertiary alicyclic amines) is 1. The quantitative estimate of drug-likeness (QED) is 0.211. The Kier molecular flexibility index (Phi) is 6.63. The van der Waals surface area contributed by atoms with Crippen LogP contribution >= 0.6 is 39.1 Å². The molecule has 0 bridgehead atoms. The first-order valence-corrected chi connectivity index (χ1v) is 14.9. The molecule has 6 rings (SSSR count). The normalized spacial score (nSPS) is 32.4. The summed E-state index contributed by atoms with van der Waals surface area (Å²) in [5.41, 5.74) is 2.25. The average molecular weight is 660 g/mol. The van der Waals surface area contributed by atoms with E-state index in [1.165, 1.54) is 24.1 Å². The van der Waals surface area contributed by atoms with Crippen LogP contribution in [0.1, 0.15) is 29.9 Å². The third-order valence-corrected chi connectivity index (χ3v) is 10.8. The van der Waals surface area contributed by atoms with E-state index in [1.54, 1.807) is 36.4 Å². The summed E-state index contributed by atoms with van der Waals surface area (Å²) in [4.78, 5) is 53.7. The number of hydrogen-bond donors (Lipinski definition) is 1. The molecule has 1 saturated carbocycles. The van der Waals surface area contributed by atoms with Crippen LogP contribution in [-0.2, 0) is 19.2 Å². The minimum atomic E-state index is -1.95. The molecule has 6 unspecified atom stereocenters. The number of alkyl halides is 3. The fourth-order valence-corrected chi connectivity index (χ4v) is 8.47. The summed E-state index contributed by atoms with van der Waals surface area (Å²) >= 11 is 17.7. The minimum Gasteiger partial charge on any atom is -0.508 e. The molecule has 1 N–H and O–H groups in total. The summed E-state index contributed by atoms with van der Waals surface area (Å²) in [7, 11) is 1.42. The molecule has 2 saturated heterocycles. The number of carbonyl (C=O) groups is 4. The van der Waals surface area contributed by atoms with Gasteiger partial charge in [0.05, 0.1) is 30.1 Å². The number of imide groups is 2. The van der Waals surface area contributed by atoms with E-state index in [-0.39, 0.29) is 35.7 Å². The van der Waals surface area contributed by atoms with Gasteiger partial charge in [-0.25, -0.2) is 0 Å². The van der Waals surface area contributed by atoms with Crippen LogP contribution in [0.4, 0.5) is 5.69 Å². The zero-order valence-electron chi connectivity index (χ0n) is 21.9. The molecular weight excluding hydrogens is 635 g/mol. The second kappa shape index (κ2) is 9.71. The molecule has 2 aromatic rings. The molecule has 212 valence electrons. The number of aromatic hydroxyl groups is 1. The maximum Gasteiger partial charge on any atom is 0.254 e. The Hall–Kier alpha value is -3.14. The number of ether oxygens (including phenoxy) is 1. The lowest BCUT2D eigenvalue weighted by atomic mass is 9.56. The van der Waals surface area contributed by atoms with E-state index in [0.29, 0.717) is 16.8 Å². The lowest BCUT2D eigenvalue weighted by Gasteiger charge is -2.50. The van der Waals surface area contributed by atoms with Crippen molar-refractivity contribution >= 4 is 74.5 Å². The van der Waals surface area contributed by atoms with Crippen molar-refractivity contribution in [3.05, 3.63) is 71.8 Å².